The number of hydrogen-bond acceptors (Lipinski definition) is 2. The van der Waals surface area contributed by atoms with Gasteiger partial charge in [0.25, 0.3) is 0 Å². The van der Waals surface area contributed by atoms with E-state index in [0.29, 0.717) is 5.78 Å². The fraction of sp³-hybridized carbons (Fsp3) is 0.889. The van der Waals surface area contributed by atoms with Gasteiger partial charge in [0.05, 0.1) is 0 Å². The number of thioether (sulfide) groups is 1. The summed E-state index contributed by atoms with van der Waals surface area (Å²) < 4.78 is 0. The zero-order chi connectivity index (χ0) is 7.68. The van der Waals surface area contributed by atoms with Gasteiger partial charge in [-0.05, 0) is 36.2 Å². The smallest absolute Gasteiger partial charge is 0.133 e. The van der Waals surface area contributed by atoms with Crippen molar-refractivity contribution in [1.82, 2.24) is 0 Å². The van der Waals surface area contributed by atoms with E-state index in [1.54, 1.807) is 0 Å². The molecule has 0 spiro atoms. The molecule has 0 N–H and O–H groups in total. The summed E-state index contributed by atoms with van der Waals surface area (Å²) in [5, 5.41) is 0. The van der Waals surface area contributed by atoms with Gasteiger partial charge in [-0.25, -0.2) is 0 Å². The summed E-state index contributed by atoms with van der Waals surface area (Å²) in [5.74, 6) is 4.83. The lowest BCUT2D eigenvalue weighted by atomic mass is 9.73. The first-order valence-electron chi connectivity index (χ1n) is 4.45. The fourth-order valence-electron chi connectivity index (χ4n) is 2.05. The fourth-order valence-corrected chi connectivity index (χ4v) is 3.19. The quantitative estimate of drug-likeness (QED) is 0.599. The SMILES string of the molecule is O=C1CC(C2CCSCC2)C1. The molecule has 1 aliphatic heterocycles. The van der Waals surface area contributed by atoms with Crippen molar-refractivity contribution in [2.75, 3.05) is 11.5 Å². The minimum atomic E-state index is 0.494. The van der Waals surface area contributed by atoms with Crippen molar-refractivity contribution < 1.29 is 4.79 Å². The van der Waals surface area contributed by atoms with Crippen LogP contribution in [0.15, 0.2) is 0 Å². The molecule has 0 aromatic carbocycles. The molecular weight excluding hydrogens is 156 g/mol. The lowest BCUT2D eigenvalue weighted by molar-refractivity contribution is -0.128. The Balaban J connectivity index is 1.80. The number of hydrogen-bond donors (Lipinski definition) is 0. The number of ketones is 1. The van der Waals surface area contributed by atoms with E-state index in [1.165, 1.54) is 24.3 Å². The van der Waals surface area contributed by atoms with Crippen molar-refractivity contribution in [3.05, 3.63) is 0 Å². The first kappa shape index (κ1) is 7.66. The number of carbonyl (C=O) groups excluding carboxylic acids is 1. The second-order valence-electron chi connectivity index (χ2n) is 3.66. The van der Waals surface area contributed by atoms with Gasteiger partial charge in [0.15, 0.2) is 0 Å². The lowest BCUT2D eigenvalue weighted by Crippen LogP contribution is -2.32. The topological polar surface area (TPSA) is 17.1 Å². The van der Waals surface area contributed by atoms with E-state index in [9.17, 15) is 4.79 Å². The zero-order valence-corrected chi connectivity index (χ0v) is 7.53. The maximum absolute atomic E-state index is 10.7. The van der Waals surface area contributed by atoms with E-state index >= 15 is 0 Å². The molecule has 1 saturated heterocycles. The molecule has 0 amide bonds. The Kier molecular flexibility index (Phi) is 2.21. The second-order valence-corrected chi connectivity index (χ2v) is 4.88. The molecule has 0 aromatic heterocycles. The molecule has 2 fully saturated rings. The van der Waals surface area contributed by atoms with Gasteiger partial charge in [0.1, 0.15) is 5.78 Å². The molecule has 2 heteroatoms. The molecule has 2 rings (SSSR count). The maximum Gasteiger partial charge on any atom is 0.133 e. The molecule has 0 bridgehead atoms. The van der Waals surface area contributed by atoms with Crippen molar-refractivity contribution in [1.29, 1.82) is 0 Å². The predicted octanol–water partition coefficient (Wildman–Crippen LogP) is 2.11. The lowest BCUT2D eigenvalue weighted by Gasteiger charge is -2.34. The zero-order valence-electron chi connectivity index (χ0n) is 6.71. The van der Waals surface area contributed by atoms with Crippen LogP contribution in [0.2, 0.25) is 0 Å². The summed E-state index contributed by atoms with van der Waals surface area (Å²) in [7, 11) is 0. The first-order valence-corrected chi connectivity index (χ1v) is 5.61. The third kappa shape index (κ3) is 1.61. The normalized spacial score (nSPS) is 28.5. The highest BCUT2D eigenvalue weighted by Gasteiger charge is 2.33. The van der Waals surface area contributed by atoms with Gasteiger partial charge in [-0.2, -0.15) is 11.8 Å². The van der Waals surface area contributed by atoms with E-state index in [2.05, 4.69) is 11.8 Å². The summed E-state index contributed by atoms with van der Waals surface area (Å²) >= 11 is 2.07. The van der Waals surface area contributed by atoms with Crippen molar-refractivity contribution in [2.45, 2.75) is 25.7 Å². The van der Waals surface area contributed by atoms with Gasteiger partial charge in [0, 0.05) is 12.8 Å². The summed E-state index contributed by atoms with van der Waals surface area (Å²) in [5.41, 5.74) is 0. The summed E-state index contributed by atoms with van der Waals surface area (Å²) in [6, 6.07) is 0. The Morgan fingerprint density at radius 2 is 1.73 bits per heavy atom. The second kappa shape index (κ2) is 3.18. The molecule has 1 heterocycles. The molecule has 62 valence electrons. The van der Waals surface area contributed by atoms with Crippen LogP contribution in [0.3, 0.4) is 0 Å². The predicted molar refractivity (Wildman–Crippen MR) is 47.8 cm³/mol. The number of carbonyl (C=O) groups is 1. The highest BCUT2D eigenvalue weighted by molar-refractivity contribution is 7.99. The summed E-state index contributed by atoms with van der Waals surface area (Å²) in [4.78, 5) is 10.7. The molecule has 11 heavy (non-hydrogen) atoms. The highest BCUT2D eigenvalue weighted by atomic mass is 32.2. The van der Waals surface area contributed by atoms with Crippen LogP contribution >= 0.6 is 11.8 Å². The average Bonchev–Trinajstić information content (AvgIpc) is 2.01. The Morgan fingerprint density at radius 3 is 2.27 bits per heavy atom. The highest BCUT2D eigenvalue weighted by Crippen LogP contribution is 2.38. The summed E-state index contributed by atoms with van der Waals surface area (Å²) in [6.45, 7) is 0. The van der Waals surface area contributed by atoms with Crippen LogP contribution in [-0.2, 0) is 4.79 Å². The Labute approximate surface area is 71.9 Å². The monoisotopic (exact) mass is 170 g/mol. The molecule has 0 unspecified atom stereocenters. The molecular formula is C9H14OS. The van der Waals surface area contributed by atoms with Gasteiger partial charge in [-0.15, -0.1) is 0 Å². The molecule has 1 aliphatic carbocycles. The maximum atomic E-state index is 10.7. The van der Waals surface area contributed by atoms with Gasteiger partial charge in [0.2, 0.25) is 0 Å². The van der Waals surface area contributed by atoms with Crippen LogP contribution in [0.25, 0.3) is 0 Å². The Bertz CT molecular complexity index is 153. The third-order valence-electron chi connectivity index (χ3n) is 2.91. The number of rotatable bonds is 1. The minimum Gasteiger partial charge on any atom is -0.300 e. The molecule has 0 radical (unpaired) electrons. The molecule has 1 nitrogen and oxygen atoms in total. The first-order chi connectivity index (χ1) is 5.36. The van der Waals surface area contributed by atoms with Gasteiger partial charge in [-0.3, -0.25) is 4.79 Å². The van der Waals surface area contributed by atoms with E-state index in [0.717, 1.165) is 24.7 Å². The molecule has 1 saturated carbocycles. The van der Waals surface area contributed by atoms with Crippen LogP contribution in [0, 0.1) is 11.8 Å². The van der Waals surface area contributed by atoms with Crippen LogP contribution in [-0.4, -0.2) is 17.3 Å². The van der Waals surface area contributed by atoms with Crippen LogP contribution < -0.4 is 0 Å². The van der Waals surface area contributed by atoms with Gasteiger partial charge in [-0.1, -0.05) is 0 Å². The Hall–Kier alpha value is 0.0200. The average molecular weight is 170 g/mol. The largest absolute Gasteiger partial charge is 0.300 e. The molecule has 2 aliphatic rings. The van der Waals surface area contributed by atoms with E-state index in [1.807, 2.05) is 0 Å². The standard InChI is InChI=1S/C9H14OS/c10-9-5-8(6-9)7-1-3-11-4-2-7/h7-8H,1-6H2. The summed E-state index contributed by atoms with van der Waals surface area (Å²) in [6.07, 6.45) is 4.52. The number of Topliss-reactive ketones (excluding diaryl/α,β-unsaturated/α-hetero) is 1. The van der Waals surface area contributed by atoms with Crippen molar-refractivity contribution in [3.8, 4) is 0 Å². The molecule has 0 aromatic rings. The minimum absolute atomic E-state index is 0.494. The van der Waals surface area contributed by atoms with E-state index in [-0.39, 0.29) is 0 Å². The van der Waals surface area contributed by atoms with E-state index in [4.69, 9.17) is 0 Å². The van der Waals surface area contributed by atoms with Crippen LogP contribution in [0.5, 0.6) is 0 Å². The van der Waals surface area contributed by atoms with Gasteiger partial charge < -0.3 is 0 Å². The third-order valence-corrected chi connectivity index (χ3v) is 3.96. The van der Waals surface area contributed by atoms with Crippen LogP contribution in [0.4, 0.5) is 0 Å². The van der Waals surface area contributed by atoms with E-state index < -0.39 is 0 Å². The van der Waals surface area contributed by atoms with Crippen molar-refractivity contribution in [3.63, 3.8) is 0 Å². The van der Waals surface area contributed by atoms with Crippen LogP contribution in [0.1, 0.15) is 25.7 Å². The van der Waals surface area contributed by atoms with Gasteiger partial charge >= 0.3 is 0 Å². The van der Waals surface area contributed by atoms with Crippen molar-refractivity contribution >= 4 is 17.5 Å². The Morgan fingerprint density at radius 1 is 1.09 bits per heavy atom. The van der Waals surface area contributed by atoms with Crippen molar-refractivity contribution in [2.24, 2.45) is 11.8 Å². The molecule has 0 atom stereocenters.